The molecule has 1 fully saturated rings. The molecule has 7 N–H and O–H groups in total. The lowest BCUT2D eigenvalue weighted by Gasteiger charge is -2.19. The van der Waals surface area contributed by atoms with Crippen LogP contribution in [0.25, 0.3) is 0 Å². The number of nitrogens with zero attached hydrogens (tertiary/aromatic N) is 1. The number of aliphatic hydroxyl groups excluding tert-OH is 2. The van der Waals surface area contributed by atoms with Gasteiger partial charge in [0.1, 0.15) is 24.5 Å². The number of H-pyrrole nitrogens is 1. The molecule has 0 radical (unpaired) electrons. The fraction of sp³-hybridized carbons (Fsp3) is 0.500. The van der Waals surface area contributed by atoms with Crippen molar-refractivity contribution in [3.63, 3.8) is 0 Å². The second kappa shape index (κ2) is 10.2. The van der Waals surface area contributed by atoms with Crippen LogP contribution in [0.3, 0.4) is 0 Å². The van der Waals surface area contributed by atoms with Gasteiger partial charge in [0.05, 0.1) is 12.7 Å². The number of hydrogen-bond donors (Lipinski definition) is 7. The van der Waals surface area contributed by atoms with E-state index in [-0.39, 0.29) is 12.0 Å². The standard InChI is InChI=1S/C12H17N2O15P3/c15-3-1-2-7-5-14(12(18)13-11(7)17)10-4-8(16)9(27-10)6-26-31(22,23)29-32(24,25)28-30(19,20)21/h5,8-10,15-16H,3-4,6H2,(H,22,23)(H,24,25)(H,13,17,18)(H2,19,20,21)/t8-,9+,10+/m0/s1. The number of aliphatic hydroxyl groups is 2. The van der Waals surface area contributed by atoms with Crippen molar-refractivity contribution in [3.8, 4) is 11.8 Å². The Bertz CT molecular complexity index is 1160. The minimum absolute atomic E-state index is 0.201. The number of rotatable bonds is 8. The third-order valence-corrected chi connectivity index (χ3v) is 7.40. The van der Waals surface area contributed by atoms with Gasteiger partial charge in [-0.15, -0.1) is 0 Å². The first-order valence-corrected chi connectivity index (χ1v) is 12.7. The largest absolute Gasteiger partial charge is 0.490 e. The summed E-state index contributed by atoms with van der Waals surface area (Å²) in [5, 5.41) is 18.8. The van der Waals surface area contributed by atoms with E-state index in [1.54, 1.807) is 0 Å². The molecule has 0 saturated carbocycles. The second-order valence-corrected chi connectivity index (χ2v) is 10.4. The highest BCUT2D eigenvalue weighted by Crippen LogP contribution is 2.66. The maximum absolute atomic E-state index is 12.0. The van der Waals surface area contributed by atoms with E-state index in [1.165, 1.54) is 0 Å². The first-order chi connectivity index (χ1) is 14.6. The van der Waals surface area contributed by atoms with E-state index in [0.29, 0.717) is 0 Å². The highest BCUT2D eigenvalue weighted by atomic mass is 31.3. The van der Waals surface area contributed by atoms with Gasteiger partial charge in [-0.05, 0) is 0 Å². The zero-order valence-electron chi connectivity index (χ0n) is 15.6. The van der Waals surface area contributed by atoms with Crippen molar-refractivity contribution in [2.75, 3.05) is 13.2 Å². The molecule has 1 saturated heterocycles. The van der Waals surface area contributed by atoms with Gasteiger partial charge in [0, 0.05) is 12.6 Å². The summed E-state index contributed by atoms with van der Waals surface area (Å²) in [6.45, 7) is -1.49. The van der Waals surface area contributed by atoms with Gasteiger partial charge in [-0.25, -0.2) is 18.5 Å². The smallest absolute Gasteiger partial charge is 0.390 e. The summed E-state index contributed by atoms with van der Waals surface area (Å²) >= 11 is 0. The predicted molar refractivity (Wildman–Crippen MR) is 99.6 cm³/mol. The Morgan fingerprint density at radius 2 is 1.81 bits per heavy atom. The molecule has 0 aliphatic carbocycles. The van der Waals surface area contributed by atoms with Gasteiger partial charge in [-0.3, -0.25) is 18.9 Å². The van der Waals surface area contributed by atoms with E-state index in [1.807, 2.05) is 4.98 Å². The summed E-state index contributed by atoms with van der Waals surface area (Å²) in [6, 6.07) is 0. The zero-order chi connectivity index (χ0) is 24.3. The van der Waals surface area contributed by atoms with Crippen molar-refractivity contribution in [2.24, 2.45) is 0 Å². The van der Waals surface area contributed by atoms with Gasteiger partial charge < -0.3 is 34.5 Å². The number of nitrogens with one attached hydrogen (secondary N) is 1. The van der Waals surface area contributed by atoms with Crippen LogP contribution in [0, 0.1) is 11.8 Å². The number of phosphoric acid groups is 3. The third-order valence-electron chi connectivity index (χ3n) is 3.60. The summed E-state index contributed by atoms with van der Waals surface area (Å²) < 4.78 is 51.3. The minimum Gasteiger partial charge on any atom is -0.390 e. The fourth-order valence-corrected chi connectivity index (χ4v) is 5.46. The van der Waals surface area contributed by atoms with Gasteiger partial charge in [-0.1, -0.05) is 11.8 Å². The summed E-state index contributed by atoms with van der Waals surface area (Å²) in [4.78, 5) is 61.2. The monoisotopic (exact) mass is 522 g/mol. The van der Waals surface area contributed by atoms with Crippen LogP contribution in [0.5, 0.6) is 0 Å². The van der Waals surface area contributed by atoms with Gasteiger partial charge in [0.25, 0.3) is 5.56 Å². The van der Waals surface area contributed by atoms with Crippen molar-refractivity contribution >= 4 is 23.5 Å². The van der Waals surface area contributed by atoms with E-state index >= 15 is 0 Å². The molecule has 20 heteroatoms. The van der Waals surface area contributed by atoms with Crippen molar-refractivity contribution < 1.29 is 61.4 Å². The maximum atomic E-state index is 12.0. The fourth-order valence-electron chi connectivity index (χ4n) is 2.43. The zero-order valence-corrected chi connectivity index (χ0v) is 18.3. The highest BCUT2D eigenvalue weighted by Gasteiger charge is 2.43. The van der Waals surface area contributed by atoms with Crippen molar-refractivity contribution in [2.45, 2.75) is 24.9 Å². The van der Waals surface area contributed by atoms with Crippen LogP contribution < -0.4 is 11.2 Å². The summed E-state index contributed by atoms with van der Waals surface area (Å²) in [5.74, 6) is 4.52. The lowest BCUT2D eigenvalue weighted by Crippen LogP contribution is -2.33. The molecule has 180 valence electrons. The SMILES string of the molecule is O=c1[nH]c(=O)n([C@H]2C[C@H](O)[C@@H](COP(=O)(O)OP(=O)(O)OP(=O)(O)O)O2)cc1C#CCO. The van der Waals surface area contributed by atoms with E-state index in [4.69, 9.17) is 24.5 Å². The molecule has 2 unspecified atom stereocenters. The molecule has 1 aliphatic heterocycles. The molecule has 0 bridgehead atoms. The quantitative estimate of drug-likeness (QED) is 0.142. The molecule has 0 aromatic carbocycles. The molecule has 1 aliphatic rings. The molecule has 32 heavy (non-hydrogen) atoms. The summed E-state index contributed by atoms with van der Waals surface area (Å²) in [6.07, 6.45) is -3.22. The normalized spacial score (nSPS) is 24.9. The molecule has 2 rings (SSSR count). The Morgan fingerprint density at radius 3 is 2.41 bits per heavy atom. The van der Waals surface area contributed by atoms with Crippen LogP contribution in [0.1, 0.15) is 18.2 Å². The van der Waals surface area contributed by atoms with E-state index in [2.05, 4.69) is 25.0 Å². The Balaban J connectivity index is 2.09. The highest BCUT2D eigenvalue weighted by molar-refractivity contribution is 7.66. The second-order valence-electron chi connectivity index (χ2n) is 5.99. The van der Waals surface area contributed by atoms with E-state index in [9.17, 15) is 33.3 Å². The third kappa shape index (κ3) is 7.84. The van der Waals surface area contributed by atoms with Gasteiger partial charge in [-0.2, -0.15) is 8.62 Å². The van der Waals surface area contributed by atoms with E-state index in [0.717, 1.165) is 10.8 Å². The van der Waals surface area contributed by atoms with Crippen LogP contribution in [0.2, 0.25) is 0 Å². The van der Waals surface area contributed by atoms with Crippen LogP contribution in [-0.4, -0.2) is 64.8 Å². The first kappa shape index (κ1) is 26.8. The van der Waals surface area contributed by atoms with Gasteiger partial charge in [0.2, 0.25) is 0 Å². The first-order valence-electron chi connectivity index (χ1n) is 8.19. The molecule has 0 spiro atoms. The van der Waals surface area contributed by atoms with Crippen molar-refractivity contribution in [1.82, 2.24) is 9.55 Å². The number of ether oxygens (including phenoxy) is 1. The Morgan fingerprint density at radius 1 is 1.16 bits per heavy atom. The summed E-state index contributed by atoms with van der Waals surface area (Å²) in [7, 11) is -16.7. The molecule has 0 amide bonds. The number of phosphoric ester groups is 1. The Labute approximate surface area is 177 Å². The van der Waals surface area contributed by atoms with Crippen LogP contribution in [-0.2, 0) is 31.6 Å². The van der Waals surface area contributed by atoms with Crippen molar-refractivity contribution in [1.29, 1.82) is 0 Å². The molecule has 1 aromatic rings. The predicted octanol–water partition coefficient (Wildman–Crippen LogP) is -2.13. The molecule has 2 heterocycles. The molecule has 1 aromatic heterocycles. The number of aromatic nitrogens is 2. The Kier molecular flexibility index (Phi) is 8.54. The topological polar surface area (TPSA) is 264 Å². The molecular formula is C12H17N2O15P3. The minimum atomic E-state index is -5.71. The van der Waals surface area contributed by atoms with Crippen LogP contribution in [0.4, 0.5) is 0 Å². The average Bonchev–Trinajstić information content (AvgIpc) is 2.97. The average molecular weight is 522 g/mol. The number of aromatic amines is 1. The van der Waals surface area contributed by atoms with Crippen molar-refractivity contribution in [3.05, 3.63) is 32.6 Å². The molecular weight excluding hydrogens is 505 g/mol. The van der Waals surface area contributed by atoms with Gasteiger partial charge >= 0.3 is 29.2 Å². The van der Waals surface area contributed by atoms with Crippen LogP contribution >= 0.6 is 23.5 Å². The Hall–Kier alpha value is -1.47. The van der Waals surface area contributed by atoms with Crippen LogP contribution in [0.15, 0.2) is 15.8 Å². The molecule has 17 nitrogen and oxygen atoms in total. The van der Waals surface area contributed by atoms with E-state index < -0.39 is 66.4 Å². The number of hydrogen-bond acceptors (Lipinski definition) is 11. The maximum Gasteiger partial charge on any atom is 0.490 e. The lowest BCUT2D eigenvalue weighted by atomic mass is 10.2. The lowest BCUT2D eigenvalue weighted by molar-refractivity contribution is -0.0450. The summed E-state index contributed by atoms with van der Waals surface area (Å²) in [5.41, 5.74) is -1.97. The van der Waals surface area contributed by atoms with Gasteiger partial charge in [0.15, 0.2) is 0 Å². The molecule has 5 atom stereocenters.